The van der Waals surface area contributed by atoms with E-state index in [1.54, 1.807) is 7.11 Å². The van der Waals surface area contributed by atoms with Gasteiger partial charge in [0, 0.05) is 85.1 Å². The summed E-state index contributed by atoms with van der Waals surface area (Å²) in [5, 5.41) is 7.97. The van der Waals surface area contributed by atoms with E-state index >= 15 is 8.78 Å². The van der Waals surface area contributed by atoms with Crippen LogP contribution in [0.3, 0.4) is 0 Å². The van der Waals surface area contributed by atoms with Crippen LogP contribution in [0.25, 0.3) is 33.4 Å². The minimum absolute atomic E-state index is 0.0590. The van der Waals surface area contributed by atoms with E-state index in [2.05, 4.69) is 63.3 Å². The highest BCUT2D eigenvalue weighted by Gasteiger charge is 2.75. The number of nitrogens with zero attached hydrogens (tertiary/aromatic N) is 6. The van der Waals surface area contributed by atoms with Crippen molar-refractivity contribution in [3.63, 3.8) is 0 Å². The van der Waals surface area contributed by atoms with Gasteiger partial charge in [0.25, 0.3) is 11.8 Å². The predicted molar refractivity (Wildman–Crippen MR) is 236 cm³/mol. The van der Waals surface area contributed by atoms with Crippen molar-refractivity contribution in [1.29, 1.82) is 0 Å². The van der Waals surface area contributed by atoms with Crippen LogP contribution in [0, 0.1) is 29.1 Å². The van der Waals surface area contributed by atoms with E-state index in [1.807, 2.05) is 39.3 Å². The van der Waals surface area contributed by atoms with Gasteiger partial charge in [-0.1, -0.05) is 26.8 Å². The Hall–Kier alpha value is -4.51. The van der Waals surface area contributed by atoms with Crippen molar-refractivity contribution < 1.29 is 32.6 Å². The van der Waals surface area contributed by atoms with Crippen LogP contribution >= 0.6 is 11.3 Å². The molecule has 7 atom stereocenters. The maximum atomic E-state index is 15.5. The molecule has 7 unspecified atom stereocenters. The number of anilines is 1. The SMILES string of the molecule is CCn1c(-c2cc(N3CCN(C)CC3)cnc2C(C)OC)c2c3cc(ccc31)-c1csc(n1)C1(CC1)C(NC(=O)C1CC1C)C(=O)N1CC3C(C(N1)C(=O)OCC(C)(C)C2)C3(F)F. The van der Waals surface area contributed by atoms with E-state index in [1.165, 1.54) is 11.3 Å². The van der Waals surface area contributed by atoms with Gasteiger partial charge in [-0.05, 0) is 76.3 Å². The molecule has 6 heterocycles. The Labute approximate surface area is 370 Å². The third-order valence-corrected chi connectivity index (χ3v) is 15.9. The van der Waals surface area contributed by atoms with Crippen molar-refractivity contribution >= 4 is 45.7 Å². The predicted octanol–water partition coefficient (Wildman–Crippen LogP) is 6.20. The second kappa shape index (κ2) is 15.3. The zero-order valence-electron chi connectivity index (χ0n) is 37.2. The van der Waals surface area contributed by atoms with Gasteiger partial charge in [-0.15, -0.1) is 11.3 Å². The van der Waals surface area contributed by atoms with Gasteiger partial charge in [0.1, 0.15) is 17.1 Å². The number of methoxy groups -OCH3 is 1. The molecule has 3 saturated carbocycles. The Kier molecular flexibility index (Phi) is 10.3. The van der Waals surface area contributed by atoms with Crippen LogP contribution < -0.4 is 15.6 Å². The lowest BCUT2D eigenvalue weighted by Gasteiger charge is -2.36. The van der Waals surface area contributed by atoms with Crippen LogP contribution in [0.2, 0.25) is 0 Å². The maximum Gasteiger partial charge on any atom is 0.325 e. The molecule has 3 aliphatic carbocycles. The summed E-state index contributed by atoms with van der Waals surface area (Å²) in [4.78, 5) is 57.5. The lowest BCUT2D eigenvalue weighted by Crippen LogP contribution is -2.63. The number of ether oxygens (including phenoxy) is 2. The highest BCUT2D eigenvalue weighted by molar-refractivity contribution is 7.10. The van der Waals surface area contributed by atoms with Crippen molar-refractivity contribution in [3.05, 3.63) is 52.1 Å². The number of hydrogen-bond acceptors (Lipinski definition) is 11. The molecule has 3 aromatic heterocycles. The standard InChI is InChI=1S/C47H58F2N8O5S/c1-8-56-35-10-9-27-18-30(35)32(39(56)31-19-28(21-50-37(31)26(3)61-7)55-15-13-54(6)14-16-55)20-45(4,5)24-62-43(60)38-36-33(47(36,48)49)22-57(53-38)42(59)40(52-41(58)29-17-25(29)2)46(11-12-46)44-51-34(27)23-63-44/h9-10,18-19,21,23,25-26,29,33,36,38,40,53H,8,11-17,20,22,24H2,1-7H3,(H,52,58). The molecule has 6 bridgehead atoms. The number of cyclic esters (lactones) is 1. The molecule has 2 amide bonds. The van der Waals surface area contributed by atoms with Crippen LogP contribution in [-0.2, 0) is 42.2 Å². The molecular formula is C47H58F2N8O5S. The fraction of sp³-hybridized carbons (Fsp3) is 0.596. The summed E-state index contributed by atoms with van der Waals surface area (Å²) in [7, 11) is 3.83. The Morgan fingerprint density at radius 2 is 1.89 bits per heavy atom. The number of hydrazine groups is 1. The Balaban J connectivity index is 1.13. The number of piperazine rings is 1. The summed E-state index contributed by atoms with van der Waals surface area (Å²) in [6, 6.07) is 6.17. The third-order valence-electron chi connectivity index (χ3n) is 14.9. The lowest BCUT2D eigenvalue weighted by atomic mass is 9.84. The van der Waals surface area contributed by atoms with Gasteiger partial charge >= 0.3 is 5.97 Å². The number of nitrogens with one attached hydrogen (secondary N) is 2. The zero-order valence-corrected chi connectivity index (χ0v) is 38.0. The number of aromatic nitrogens is 3. The van der Waals surface area contributed by atoms with Gasteiger partial charge in [0.15, 0.2) is 0 Å². The molecule has 6 aliphatic rings. The van der Waals surface area contributed by atoms with Crippen molar-refractivity contribution in [2.24, 2.45) is 29.1 Å². The molecule has 5 fully saturated rings. The number of pyridine rings is 1. The Morgan fingerprint density at radius 3 is 2.57 bits per heavy atom. The van der Waals surface area contributed by atoms with Gasteiger partial charge in [-0.2, -0.15) is 0 Å². The van der Waals surface area contributed by atoms with Crippen molar-refractivity contribution in [1.82, 2.24) is 35.2 Å². The first kappa shape index (κ1) is 42.4. The molecule has 2 saturated heterocycles. The lowest BCUT2D eigenvalue weighted by molar-refractivity contribution is -0.156. The van der Waals surface area contributed by atoms with Crippen LogP contribution in [0.5, 0.6) is 0 Å². The molecule has 2 N–H and O–H groups in total. The summed E-state index contributed by atoms with van der Waals surface area (Å²) < 4.78 is 45.4. The average Bonchev–Trinajstić information content (AvgIpc) is 4.22. The summed E-state index contributed by atoms with van der Waals surface area (Å²) in [5.74, 6) is -7.31. The Morgan fingerprint density at radius 1 is 1.14 bits per heavy atom. The quantitative estimate of drug-likeness (QED) is 0.207. The monoisotopic (exact) mass is 884 g/mol. The smallest absolute Gasteiger partial charge is 0.325 e. The van der Waals surface area contributed by atoms with Crippen LogP contribution in [0.15, 0.2) is 35.8 Å². The fourth-order valence-electron chi connectivity index (χ4n) is 10.5. The van der Waals surface area contributed by atoms with E-state index in [9.17, 15) is 14.4 Å². The van der Waals surface area contributed by atoms with Gasteiger partial charge in [-0.3, -0.25) is 24.4 Å². The maximum absolute atomic E-state index is 15.5. The number of hydrogen-bond donors (Lipinski definition) is 2. The number of aryl methyl sites for hydroxylation is 1. The number of esters is 1. The fourth-order valence-corrected chi connectivity index (χ4v) is 11.6. The van der Waals surface area contributed by atoms with Crippen molar-refractivity contribution in [2.75, 3.05) is 58.4 Å². The highest BCUT2D eigenvalue weighted by atomic mass is 32.1. The highest BCUT2D eigenvalue weighted by Crippen LogP contribution is 2.60. The molecule has 3 aliphatic heterocycles. The number of alkyl halides is 2. The van der Waals surface area contributed by atoms with Crippen LogP contribution in [0.4, 0.5) is 14.5 Å². The van der Waals surface area contributed by atoms with E-state index in [4.69, 9.17) is 19.4 Å². The number of carbonyl (C=O) groups is 3. The number of benzene rings is 1. The number of fused-ring (bicyclic) bond motifs is 9. The van der Waals surface area contributed by atoms with Crippen LogP contribution in [-0.4, -0.2) is 114 Å². The summed E-state index contributed by atoms with van der Waals surface area (Å²) in [5.41, 5.74) is 8.95. The first-order valence-electron chi connectivity index (χ1n) is 22.6. The molecular weight excluding hydrogens is 827 g/mol. The minimum Gasteiger partial charge on any atom is -0.464 e. The molecule has 10 rings (SSSR count). The number of rotatable bonds is 7. The number of halogens is 2. The zero-order chi connectivity index (χ0) is 44.3. The topological polar surface area (TPSA) is 134 Å². The van der Waals surface area contributed by atoms with E-state index in [0.717, 1.165) is 88.0 Å². The first-order chi connectivity index (χ1) is 30.0. The molecule has 0 radical (unpaired) electrons. The Bertz CT molecular complexity index is 2490. The third kappa shape index (κ3) is 7.23. The largest absolute Gasteiger partial charge is 0.464 e. The second-order valence-electron chi connectivity index (χ2n) is 19.9. The number of likely N-dealkylation sites (N-methyl/N-ethyl adjacent to an activating group) is 1. The molecule has 63 heavy (non-hydrogen) atoms. The molecule has 4 aromatic rings. The number of thiazole rings is 1. The van der Waals surface area contributed by atoms with Gasteiger partial charge in [0.05, 0.1) is 58.9 Å². The molecule has 1 spiro atoms. The van der Waals surface area contributed by atoms with Crippen LogP contribution in [0.1, 0.15) is 76.3 Å². The molecule has 13 nitrogen and oxygen atoms in total. The van der Waals surface area contributed by atoms with Crippen molar-refractivity contribution in [3.8, 4) is 22.5 Å². The molecule has 1 aromatic carbocycles. The summed E-state index contributed by atoms with van der Waals surface area (Å²) >= 11 is 1.45. The van der Waals surface area contributed by atoms with E-state index in [-0.39, 0.29) is 37.0 Å². The summed E-state index contributed by atoms with van der Waals surface area (Å²) in [6.07, 6.45) is 4.00. The molecule has 336 valence electrons. The molecule has 16 heteroatoms. The minimum atomic E-state index is -3.17. The van der Waals surface area contributed by atoms with E-state index in [0.29, 0.717) is 30.8 Å². The van der Waals surface area contributed by atoms with Gasteiger partial charge in [-0.25, -0.2) is 19.2 Å². The van der Waals surface area contributed by atoms with E-state index < -0.39 is 52.5 Å². The van der Waals surface area contributed by atoms with Crippen molar-refractivity contribution in [2.45, 2.75) is 96.4 Å². The summed E-state index contributed by atoms with van der Waals surface area (Å²) in [6.45, 7) is 14.1. The number of carbonyl (C=O) groups excluding carboxylic acids is 3. The van der Waals surface area contributed by atoms with Gasteiger partial charge in [0.2, 0.25) is 5.91 Å². The van der Waals surface area contributed by atoms with Gasteiger partial charge < -0.3 is 29.2 Å². The number of amides is 2. The average molecular weight is 885 g/mol. The first-order valence-corrected chi connectivity index (χ1v) is 23.4. The second-order valence-corrected chi connectivity index (χ2v) is 20.7. The normalized spacial score (nSPS) is 28.9.